The highest BCUT2D eigenvalue weighted by Crippen LogP contribution is 2.31. The number of aromatic nitrogens is 2. The van der Waals surface area contributed by atoms with E-state index < -0.39 is 0 Å². The van der Waals surface area contributed by atoms with Crippen LogP contribution in [-0.4, -0.2) is 28.3 Å². The lowest BCUT2D eigenvalue weighted by atomic mass is 9.84. The third kappa shape index (κ3) is 9.28. The molecule has 3 rings (SSSR count). The molecule has 1 unspecified atom stereocenters. The molecule has 0 radical (unpaired) electrons. The van der Waals surface area contributed by atoms with Crippen molar-refractivity contribution in [2.45, 2.75) is 123 Å². The van der Waals surface area contributed by atoms with Crippen LogP contribution in [0.25, 0.3) is 0 Å². The lowest BCUT2D eigenvalue weighted by Crippen LogP contribution is -2.17. The van der Waals surface area contributed by atoms with Crippen LogP contribution in [0, 0.1) is 5.92 Å². The Hall–Kier alpha value is -1.43. The van der Waals surface area contributed by atoms with Crippen LogP contribution < -0.4 is 5.32 Å². The van der Waals surface area contributed by atoms with Crippen molar-refractivity contribution in [2.75, 3.05) is 0 Å². The Bertz CT molecular complexity index is 578. The Labute approximate surface area is 176 Å². The van der Waals surface area contributed by atoms with Gasteiger partial charge in [-0.1, -0.05) is 63.9 Å². The molecule has 0 aliphatic heterocycles. The smallest absolute Gasteiger partial charge is 0.306 e. The van der Waals surface area contributed by atoms with E-state index in [1.807, 2.05) is 27.7 Å². The van der Waals surface area contributed by atoms with Crippen LogP contribution in [0.3, 0.4) is 0 Å². The summed E-state index contributed by atoms with van der Waals surface area (Å²) in [6.45, 7) is 8.40. The summed E-state index contributed by atoms with van der Waals surface area (Å²) < 4.78 is 10.9. The van der Waals surface area contributed by atoms with E-state index in [0.29, 0.717) is 30.7 Å². The fourth-order valence-electron chi connectivity index (χ4n) is 3.98. The standard InChI is InChI=1S/C21H35N3O3.C2H6/c1-15(2)26-20(25)13-17(10-6-9-16-7-4-3-5-8-16)21-23-19(24-27-21)14-22-18-11-12-18;1-2/h15-18,22H,3-14H2,1-2H3;1-2H3. The minimum absolute atomic E-state index is 0.0398. The number of carbonyl (C=O) groups excluding carboxylic acids is 1. The first-order valence-electron chi connectivity index (χ1n) is 11.9. The maximum atomic E-state index is 12.2. The summed E-state index contributed by atoms with van der Waals surface area (Å²) in [5.41, 5.74) is 0. The number of hydrogen-bond acceptors (Lipinski definition) is 6. The van der Waals surface area contributed by atoms with Gasteiger partial charge in [-0.25, -0.2) is 0 Å². The number of rotatable bonds is 11. The van der Waals surface area contributed by atoms with Crippen molar-refractivity contribution in [3.63, 3.8) is 0 Å². The van der Waals surface area contributed by atoms with Crippen LogP contribution in [0.4, 0.5) is 0 Å². The highest BCUT2D eigenvalue weighted by atomic mass is 16.5. The second-order valence-electron chi connectivity index (χ2n) is 8.58. The molecule has 2 aliphatic carbocycles. The number of nitrogens with zero attached hydrogens (tertiary/aromatic N) is 2. The van der Waals surface area contributed by atoms with E-state index in [9.17, 15) is 4.79 Å². The Balaban J connectivity index is 0.00000145. The molecule has 1 aromatic rings. The monoisotopic (exact) mass is 407 g/mol. The van der Waals surface area contributed by atoms with Gasteiger partial charge in [-0.05, 0) is 39.0 Å². The van der Waals surface area contributed by atoms with Gasteiger partial charge in [0.1, 0.15) is 0 Å². The van der Waals surface area contributed by atoms with Gasteiger partial charge in [0.05, 0.1) is 19.1 Å². The first-order chi connectivity index (χ1) is 14.1. The molecule has 0 saturated heterocycles. The van der Waals surface area contributed by atoms with Gasteiger partial charge < -0.3 is 14.6 Å². The first-order valence-corrected chi connectivity index (χ1v) is 11.9. The van der Waals surface area contributed by atoms with Gasteiger partial charge in [0.15, 0.2) is 5.82 Å². The second kappa shape index (κ2) is 13.0. The highest BCUT2D eigenvalue weighted by Gasteiger charge is 2.25. The van der Waals surface area contributed by atoms with Gasteiger partial charge in [0.2, 0.25) is 5.89 Å². The fourth-order valence-corrected chi connectivity index (χ4v) is 3.98. The highest BCUT2D eigenvalue weighted by molar-refractivity contribution is 5.70. The van der Waals surface area contributed by atoms with Gasteiger partial charge in [0.25, 0.3) is 0 Å². The van der Waals surface area contributed by atoms with Gasteiger partial charge in [-0.15, -0.1) is 0 Å². The van der Waals surface area contributed by atoms with Gasteiger partial charge >= 0.3 is 5.97 Å². The van der Waals surface area contributed by atoms with Gasteiger partial charge in [-0.3, -0.25) is 4.79 Å². The molecule has 0 bridgehead atoms. The van der Waals surface area contributed by atoms with E-state index >= 15 is 0 Å². The first kappa shape index (κ1) is 23.8. The Morgan fingerprint density at radius 3 is 2.55 bits per heavy atom. The van der Waals surface area contributed by atoms with Crippen molar-refractivity contribution >= 4 is 5.97 Å². The van der Waals surface area contributed by atoms with E-state index in [1.165, 1.54) is 51.4 Å². The topological polar surface area (TPSA) is 77.2 Å². The zero-order chi connectivity index (χ0) is 21.1. The molecule has 1 heterocycles. The normalized spacial score (nSPS) is 18.2. The number of hydrogen-bond donors (Lipinski definition) is 1. The summed E-state index contributed by atoms with van der Waals surface area (Å²) in [6.07, 6.45) is 12.8. The molecule has 2 aliphatic rings. The van der Waals surface area contributed by atoms with Crippen LogP contribution in [0.2, 0.25) is 0 Å². The summed E-state index contributed by atoms with van der Waals surface area (Å²) in [5, 5.41) is 7.50. The summed E-state index contributed by atoms with van der Waals surface area (Å²) in [6, 6.07) is 0.610. The average molecular weight is 408 g/mol. The lowest BCUT2D eigenvalue weighted by Gasteiger charge is -2.22. The SMILES string of the molecule is CC.CC(C)OC(=O)CC(CCCC1CCCCC1)c1nc(CNC2CC2)no1. The molecule has 0 amide bonds. The van der Waals surface area contributed by atoms with Crippen molar-refractivity contribution in [1.29, 1.82) is 0 Å². The molecular weight excluding hydrogens is 366 g/mol. The lowest BCUT2D eigenvalue weighted by molar-refractivity contribution is -0.148. The summed E-state index contributed by atoms with van der Waals surface area (Å²) in [7, 11) is 0. The minimum Gasteiger partial charge on any atom is -0.463 e. The van der Waals surface area contributed by atoms with E-state index in [1.54, 1.807) is 0 Å². The van der Waals surface area contributed by atoms with Crippen LogP contribution in [0.15, 0.2) is 4.52 Å². The van der Waals surface area contributed by atoms with Crippen molar-refractivity contribution in [2.24, 2.45) is 5.92 Å². The fraction of sp³-hybridized carbons (Fsp3) is 0.870. The maximum absolute atomic E-state index is 12.2. The quantitative estimate of drug-likeness (QED) is 0.486. The van der Waals surface area contributed by atoms with Crippen molar-refractivity contribution in [3.05, 3.63) is 11.7 Å². The average Bonchev–Trinajstić information content (AvgIpc) is 3.43. The number of esters is 1. The third-order valence-corrected chi connectivity index (χ3v) is 5.63. The third-order valence-electron chi connectivity index (χ3n) is 5.63. The summed E-state index contributed by atoms with van der Waals surface area (Å²) in [4.78, 5) is 16.8. The number of carbonyl (C=O) groups is 1. The zero-order valence-electron chi connectivity index (χ0n) is 18.9. The van der Waals surface area contributed by atoms with Crippen LogP contribution in [0.5, 0.6) is 0 Å². The molecule has 2 fully saturated rings. The van der Waals surface area contributed by atoms with Gasteiger partial charge in [0, 0.05) is 12.0 Å². The molecule has 0 aromatic carbocycles. The van der Waals surface area contributed by atoms with Crippen LogP contribution in [-0.2, 0) is 16.1 Å². The molecule has 6 nitrogen and oxygen atoms in total. The van der Waals surface area contributed by atoms with Crippen molar-refractivity contribution < 1.29 is 14.1 Å². The molecule has 29 heavy (non-hydrogen) atoms. The number of nitrogens with one attached hydrogen (secondary N) is 1. The molecule has 1 aromatic heterocycles. The molecule has 166 valence electrons. The molecule has 2 saturated carbocycles. The Kier molecular flexibility index (Phi) is 10.7. The maximum Gasteiger partial charge on any atom is 0.306 e. The molecule has 1 atom stereocenters. The molecular formula is C23H41N3O3. The zero-order valence-corrected chi connectivity index (χ0v) is 18.9. The molecule has 1 N–H and O–H groups in total. The largest absolute Gasteiger partial charge is 0.463 e. The second-order valence-corrected chi connectivity index (χ2v) is 8.58. The van der Waals surface area contributed by atoms with E-state index in [4.69, 9.17) is 9.26 Å². The van der Waals surface area contributed by atoms with E-state index in [-0.39, 0.29) is 18.0 Å². The van der Waals surface area contributed by atoms with E-state index in [0.717, 1.165) is 18.8 Å². The number of ether oxygens (including phenoxy) is 1. The summed E-state index contributed by atoms with van der Waals surface area (Å²) in [5.74, 6) is 1.91. The van der Waals surface area contributed by atoms with Crippen molar-refractivity contribution in [3.8, 4) is 0 Å². The van der Waals surface area contributed by atoms with Gasteiger partial charge in [-0.2, -0.15) is 4.98 Å². The predicted octanol–water partition coefficient (Wildman–Crippen LogP) is 5.52. The molecule has 6 heteroatoms. The summed E-state index contributed by atoms with van der Waals surface area (Å²) >= 11 is 0. The van der Waals surface area contributed by atoms with E-state index in [2.05, 4.69) is 15.5 Å². The minimum atomic E-state index is -0.177. The predicted molar refractivity (Wildman–Crippen MR) is 115 cm³/mol. The van der Waals surface area contributed by atoms with Crippen LogP contribution in [0.1, 0.15) is 116 Å². The van der Waals surface area contributed by atoms with Crippen molar-refractivity contribution in [1.82, 2.24) is 15.5 Å². The Morgan fingerprint density at radius 1 is 1.17 bits per heavy atom. The van der Waals surface area contributed by atoms with Crippen LogP contribution >= 0.6 is 0 Å². The Morgan fingerprint density at radius 2 is 1.90 bits per heavy atom. The molecule has 0 spiro atoms.